The predicted molar refractivity (Wildman–Crippen MR) is 157 cm³/mol. The summed E-state index contributed by atoms with van der Waals surface area (Å²) in [5.74, 6) is 1.09. The van der Waals surface area contributed by atoms with Crippen LogP contribution in [-0.4, -0.2) is 28.4 Å². The second-order valence-corrected chi connectivity index (χ2v) is 15.6. The van der Waals surface area contributed by atoms with Crippen LogP contribution in [0.25, 0.3) is 0 Å². The average molecular weight is 621 g/mol. The fraction of sp³-hybridized carbons (Fsp3) is 0.548. The van der Waals surface area contributed by atoms with Gasteiger partial charge in [-0.25, -0.2) is 9.97 Å². The molecular weight excluding hydrogens is 581 g/mol. The van der Waals surface area contributed by atoms with Gasteiger partial charge in [0.2, 0.25) is 5.88 Å². The molecule has 0 aliphatic heterocycles. The first-order valence-corrected chi connectivity index (χ1v) is 15.6. The van der Waals surface area contributed by atoms with Crippen LogP contribution < -0.4 is 9.74 Å². The molecule has 2 saturated carbocycles. The van der Waals surface area contributed by atoms with Gasteiger partial charge in [-0.2, -0.15) is 26.6 Å². The molecule has 5 rings (SSSR count). The Kier molecular flexibility index (Phi) is 8.13. The van der Waals surface area contributed by atoms with Gasteiger partial charge in [-0.3, -0.25) is 4.79 Å². The van der Waals surface area contributed by atoms with Gasteiger partial charge in [-0.1, -0.05) is 55.4 Å². The van der Waals surface area contributed by atoms with Crippen LogP contribution in [0.2, 0.25) is 0 Å². The van der Waals surface area contributed by atoms with E-state index in [1.54, 1.807) is 6.07 Å². The molecule has 2 fully saturated rings. The Morgan fingerprint density at radius 2 is 1.30 bits per heavy atom. The Balaban J connectivity index is 0.000000237. The maximum atomic E-state index is 12.7. The molecule has 0 bridgehead atoms. The van der Waals surface area contributed by atoms with E-state index in [0.717, 1.165) is 49.3 Å². The maximum Gasteiger partial charge on any atom is 0.416 e. The van der Waals surface area contributed by atoms with Gasteiger partial charge in [0.05, 0.1) is 17.0 Å². The van der Waals surface area contributed by atoms with E-state index in [1.165, 1.54) is 6.07 Å². The number of nitrogens with one attached hydrogen (secondary N) is 1. The van der Waals surface area contributed by atoms with Gasteiger partial charge in [0.25, 0.3) is 5.56 Å². The Hall–Kier alpha value is -3.28. The van der Waals surface area contributed by atoms with Crippen molar-refractivity contribution in [3.8, 4) is 5.88 Å². The smallest absolute Gasteiger partial charge is 0.358 e. The molecule has 0 atom stereocenters. The molecular formula is C31H39F3N4O4S. The molecule has 0 unspecified atom stereocenters. The zero-order valence-electron chi connectivity index (χ0n) is 25.8. The number of halogens is 3. The molecule has 2 aromatic heterocycles. The zero-order chi connectivity index (χ0) is 32.2. The quantitative estimate of drug-likeness (QED) is 0.315. The summed E-state index contributed by atoms with van der Waals surface area (Å²) in [4.78, 5) is 27.4. The normalized spacial score (nSPS) is 17.5. The minimum atomic E-state index is -4.55. The monoisotopic (exact) mass is 620 g/mol. The first-order chi connectivity index (χ1) is 19.5. The number of benzene rings is 1. The van der Waals surface area contributed by atoms with E-state index in [1.807, 2.05) is 27.7 Å². The minimum absolute atomic E-state index is 0.0296. The Bertz CT molecular complexity index is 1610. The second kappa shape index (κ2) is 10.7. The van der Waals surface area contributed by atoms with Crippen LogP contribution in [0, 0.1) is 0 Å². The van der Waals surface area contributed by atoms with E-state index in [-0.39, 0.29) is 32.6 Å². The van der Waals surface area contributed by atoms with Gasteiger partial charge >= 0.3 is 16.3 Å². The van der Waals surface area contributed by atoms with Crippen LogP contribution in [0.1, 0.15) is 110 Å². The number of rotatable bonds is 5. The Labute approximate surface area is 250 Å². The highest BCUT2D eigenvalue weighted by molar-refractivity contribution is 7.87. The average Bonchev–Trinajstić information content (AvgIpc) is 3.81. The van der Waals surface area contributed by atoms with E-state index in [9.17, 15) is 26.4 Å². The van der Waals surface area contributed by atoms with Gasteiger partial charge < -0.3 is 9.17 Å². The standard InChI is InChI=1S/C19H21F3N2O3S.C12H18N2O/c1-17(2,3)16-23-14(18(4)9-10-18)11-15(24-16)27-28(25,26)13-7-5-12(6-8-13)19(20,21)22;1-11(2,3)10-13-8(7-9(15)14-10)12(4)5-6-12/h5-8,11H,9-10H2,1-4H3;7H,5-6H2,1-4H3,(H,13,14,15). The van der Waals surface area contributed by atoms with E-state index >= 15 is 0 Å². The van der Waals surface area contributed by atoms with Crippen molar-refractivity contribution in [1.29, 1.82) is 0 Å². The summed E-state index contributed by atoms with van der Waals surface area (Å²) in [6, 6.07) is 6.27. The molecule has 8 nitrogen and oxygen atoms in total. The third-order valence-electron chi connectivity index (χ3n) is 7.73. The summed E-state index contributed by atoms with van der Waals surface area (Å²) in [5.41, 5.74) is 0.178. The first-order valence-electron chi connectivity index (χ1n) is 14.2. The van der Waals surface area contributed by atoms with E-state index in [4.69, 9.17) is 4.18 Å². The maximum absolute atomic E-state index is 12.7. The highest BCUT2D eigenvalue weighted by atomic mass is 32.2. The van der Waals surface area contributed by atoms with Crippen LogP contribution in [0.4, 0.5) is 13.2 Å². The molecule has 2 heterocycles. The summed E-state index contributed by atoms with van der Waals surface area (Å²) < 4.78 is 68.3. The largest absolute Gasteiger partial charge is 0.416 e. The summed E-state index contributed by atoms with van der Waals surface area (Å²) in [5, 5.41) is 0. The lowest BCUT2D eigenvalue weighted by Gasteiger charge is -2.20. The number of nitrogens with zero attached hydrogens (tertiary/aromatic N) is 3. The molecule has 0 spiro atoms. The van der Waals surface area contributed by atoms with Crippen LogP contribution >= 0.6 is 0 Å². The molecule has 0 amide bonds. The van der Waals surface area contributed by atoms with E-state index in [2.05, 4.69) is 47.6 Å². The molecule has 1 N–H and O–H groups in total. The Morgan fingerprint density at radius 1 is 0.791 bits per heavy atom. The predicted octanol–water partition coefficient (Wildman–Crippen LogP) is 6.73. The van der Waals surface area contributed by atoms with Crippen molar-refractivity contribution in [3.63, 3.8) is 0 Å². The number of H-pyrrole nitrogens is 1. The first kappa shape index (κ1) is 32.6. The minimum Gasteiger partial charge on any atom is -0.358 e. The molecule has 3 aromatic rings. The lowest BCUT2D eigenvalue weighted by atomic mass is 9.95. The summed E-state index contributed by atoms with van der Waals surface area (Å²) in [6.45, 7) is 16.1. The third-order valence-corrected chi connectivity index (χ3v) is 8.97. The topological polar surface area (TPSA) is 115 Å². The summed E-state index contributed by atoms with van der Waals surface area (Å²) in [7, 11) is -4.34. The van der Waals surface area contributed by atoms with Crippen molar-refractivity contribution in [1.82, 2.24) is 19.9 Å². The van der Waals surface area contributed by atoms with Crippen molar-refractivity contribution in [2.75, 3.05) is 0 Å². The van der Waals surface area contributed by atoms with Crippen LogP contribution in [0.5, 0.6) is 5.88 Å². The number of hydrogen-bond donors (Lipinski definition) is 1. The highest BCUT2D eigenvalue weighted by Crippen LogP contribution is 2.48. The fourth-order valence-electron chi connectivity index (χ4n) is 4.09. The second-order valence-electron chi connectivity index (χ2n) is 14.1. The van der Waals surface area contributed by atoms with Gasteiger partial charge in [0.1, 0.15) is 16.5 Å². The summed E-state index contributed by atoms with van der Waals surface area (Å²) in [6.07, 6.45) is -0.399. The number of aromatic nitrogens is 4. The van der Waals surface area contributed by atoms with Crippen LogP contribution in [-0.2, 0) is 38.0 Å². The van der Waals surface area contributed by atoms with Crippen molar-refractivity contribution < 1.29 is 25.8 Å². The number of hydrogen-bond acceptors (Lipinski definition) is 7. The molecule has 12 heteroatoms. The fourth-order valence-corrected chi connectivity index (χ4v) is 4.97. The van der Waals surface area contributed by atoms with Gasteiger partial charge in [-0.05, 0) is 49.9 Å². The lowest BCUT2D eigenvalue weighted by Crippen LogP contribution is -2.24. The highest BCUT2D eigenvalue weighted by Gasteiger charge is 2.42. The molecule has 0 radical (unpaired) electrons. The van der Waals surface area contributed by atoms with E-state index in [0.29, 0.717) is 23.7 Å². The number of aromatic amines is 1. The third kappa shape index (κ3) is 7.82. The van der Waals surface area contributed by atoms with Crippen molar-refractivity contribution in [2.24, 2.45) is 0 Å². The molecule has 2 aliphatic rings. The molecule has 1 aromatic carbocycles. The summed E-state index contributed by atoms with van der Waals surface area (Å²) >= 11 is 0. The molecule has 43 heavy (non-hydrogen) atoms. The van der Waals surface area contributed by atoms with Crippen LogP contribution in [0.3, 0.4) is 0 Å². The Morgan fingerprint density at radius 3 is 1.74 bits per heavy atom. The van der Waals surface area contributed by atoms with Gasteiger partial charge in [-0.15, -0.1) is 0 Å². The van der Waals surface area contributed by atoms with Crippen molar-refractivity contribution in [3.05, 3.63) is 75.4 Å². The van der Waals surface area contributed by atoms with Crippen molar-refractivity contribution in [2.45, 2.75) is 114 Å². The molecule has 0 saturated heterocycles. The van der Waals surface area contributed by atoms with Gasteiger partial charge in [0, 0.05) is 33.8 Å². The molecule has 234 valence electrons. The lowest BCUT2D eigenvalue weighted by molar-refractivity contribution is -0.137. The van der Waals surface area contributed by atoms with E-state index < -0.39 is 27.3 Å². The zero-order valence-corrected chi connectivity index (χ0v) is 26.6. The van der Waals surface area contributed by atoms with Crippen LogP contribution in [0.15, 0.2) is 46.1 Å². The van der Waals surface area contributed by atoms with Gasteiger partial charge in [0.15, 0.2) is 0 Å². The SMILES string of the molecule is CC(C)(C)c1nc(C2(C)CC2)cc(=O)[nH]1.CC(C)(C)c1nc(OS(=O)(=O)c2ccc(C(F)(F)F)cc2)cc(C2(C)CC2)n1. The van der Waals surface area contributed by atoms with Crippen molar-refractivity contribution >= 4 is 10.1 Å². The number of alkyl halides is 3. The molecule has 2 aliphatic carbocycles.